The molecule has 4 nitrogen and oxygen atoms in total. The first-order valence-electron chi connectivity index (χ1n) is 18.8. The molecule has 8 aromatic rings. The minimum atomic E-state index is 0.226. The van der Waals surface area contributed by atoms with Crippen LogP contribution in [-0.4, -0.2) is 14.5 Å². The van der Waals surface area contributed by atoms with E-state index in [0.29, 0.717) is 0 Å². The van der Waals surface area contributed by atoms with Gasteiger partial charge in [-0.2, -0.15) is 0 Å². The van der Waals surface area contributed by atoms with Crippen molar-refractivity contribution in [1.29, 1.82) is 0 Å². The van der Waals surface area contributed by atoms with Crippen LogP contribution in [0.25, 0.3) is 79.7 Å². The Morgan fingerprint density at radius 3 is 2.04 bits per heavy atom. The van der Waals surface area contributed by atoms with Gasteiger partial charge in [-0.15, -0.1) is 0 Å². The molecule has 11 rings (SSSR count). The Labute approximate surface area is 313 Å². The molecule has 0 fully saturated rings. The van der Waals surface area contributed by atoms with Gasteiger partial charge in [-0.25, -0.2) is 9.97 Å². The van der Waals surface area contributed by atoms with E-state index in [-0.39, 0.29) is 5.92 Å². The summed E-state index contributed by atoms with van der Waals surface area (Å²) in [5.74, 6) is 2.98. The lowest BCUT2D eigenvalue weighted by molar-refractivity contribution is 0.429. The van der Waals surface area contributed by atoms with Crippen LogP contribution in [0.5, 0.6) is 5.75 Å². The Morgan fingerprint density at radius 1 is 0.574 bits per heavy atom. The topological polar surface area (TPSA) is 39.9 Å². The van der Waals surface area contributed by atoms with E-state index in [1.807, 2.05) is 0 Å². The van der Waals surface area contributed by atoms with Gasteiger partial charge in [-0.3, -0.25) is 0 Å². The van der Waals surface area contributed by atoms with Crippen molar-refractivity contribution in [2.24, 2.45) is 0 Å². The zero-order chi connectivity index (χ0) is 35.6. The molecule has 1 aliphatic heterocycles. The minimum absolute atomic E-state index is 0.226. The lowest BCUT2D eigenvalue weighted by atomic mass is 9.86. The predicted molar refractivity (Wildman–Crippen MR) is 220 cm³/mol. The molecule has 2 aliphatic carbocycles. The summed E-state index contributed by atoms with van der Waals surface area (Å²) in [6.07, 6.45) is 9.70. The maximum Gasteiger partial charge on any atom is 0.160 e. The van der Waals surface area contributed by atoms with Gasteiger partial charge in [0.05, 0.1) is 28.2 Å². The molecule has 6 aromatic carbocycles. The molecule has 2 aromatic heterocycles. The average molecular weight is 694 g/mol. The van der Waals surface area contributed by atoms with Crippen LogP contribution in [0.3, 0.4) is 0 Å². The Hall–Kier alpha value is -6.78. The number of hydrogen-bond donors (Lipinski definition) is 0. The van der Waals surface area contributed by atoms with E-state index in [1.54, 1.807) is 0 Å². The Bertz CT molecular complexity index is 2910. The summed E-state index contributed by atoms with van der Waals surface area (Å²) in [5, 5.41) is 3.42. The van der Waals surface area contributed by atoms with Gasteiger partial charge in [0.15, 0.2) is 5.82 Å². The van der Waals surface area contributed by atoms with Gasteiger partial charge in [0, 0.05) is 39.1 Å². The van der Waals surface area contributed by atoms with E-state index in [9.17, 15) is 0 Å². The minimum Gasteiger partial charge on any atom is -0.461 e. The van der Waals surface area contributed by atoms with Crippen LogP contribution >= 0.6 is 0 Å². The lowest BCUT2D eigenvalue weighted by Crippen LogP contribution is -2.33. The van der Waals surface area contributed by atoms with Gasteiger partial charge in [0.1, 0.15) is 11.5 Å². The van der Waals surface area contributed by atoms with E-state index in [2.05, 4.69) is 174 Å². The number of nitrogens with zero attached hydrogens (tertiary/aromatic N) is 3. The summed E-state index contributed by atoms with van der Waals surface area (Å²) in [7, 11) is 0. The van der Waals surface area contributed by atoms with Crippen molar-refractivity contribution in [2.75, 3.05) is 0 Å². The van der Waals surface area contributed by atoms with Crippen LogP contribution in [0.4, 0.5) is 0 Å². The van der Waals surface area contributed by atoms with Crippen LogP contribution in [0, 0.1) is 0 Å². The van der Waals surface area contributed by atoms with E-state index in [0.717, 1.165) is 75.2 Å². The van der Waals surface area contributed by atoms with Gasteiger partial charge < -0.3 is 9.30 Å². The maximum atomic E-state index is 6.41. The van der Waals surface area contributed by atoms with Crippen molar-refractivity contribution in [1.82, 2.24) is 14.5 Å². The quantitative estimate of drug-likeness (QED) is 0.180. The molecule has 0 N–H and O–H groups in total. The maximum absolute atomic E-state index is 6.41. The second kappa shape index (κ2) is 12.4. The fraction of sp³-hybridized carbons (Fsp3) is 0.0800. The molecule has 0 bridgehead atoms. The van der Waals surface area contributed by atoms with Crippen molar-refractivity contribution in [2.45, 2.75) is 25.2 Å². The van der Waals surface area contributed by atoms with Crippen molar-refractivity contribution in [3.63, 3.8) is 0 Å². The Balaban J connectivity index is 0.974. The van der Waals surface area contributed by atoms with Crippen molar-refractivity contribution in [3.05, 3.63) is 185 Å². The van der Waals surface area contributed by atoms with Crippen molar-refractivity contribution >= 4 is 29.1 Å². The molecule has 3 aliphatic rings. The highest BCUT2D eigenvalue weighted by Crippen LogP contribution is 2.49. The van der Waals surface area contributed by atoms with Gasteiger partial charge in [0.25, 0.3) is 0 Å². The van der Waals surface area contributed by atoms with Crippen LogP contribution in [-0.2, 0) is 6.42 Å². The molecular formula is C50H35N3O. The molecule has 0 saturated carbocycles. The number of fused-ring (bicyclic) bond motifs is 7. The van der Waals surface area contributed by atoms with Crippen LogP contribution in [0.15, 0.2) is 157 Å². The van der Waals surface area contributed by atoms with Gasteiger partial charge in [-0.1, -0.05) is 133 Å². The van der Waals surface area contributed by atoms with Crippen LogP contribution < -0.4 is 15.3 Å². The van der Waals surface area contributed by atoms with Gasteiger partial charge in [-0.05, 0) is 77.4 Å². The second-order valence-electron chi connectivity index (χ2n) is 14.4. The van der Waals surface area contributed by atoms with Crippen LogP contribution in [0.1, 0.15) is 35.6 Å². The molecule has 0 spiro atoms. The highest BCUT2D eigenvalue weighted by molar-refractivity contribution is 5.94. The average Bonchev–Trinajstić information content (AvgIpc) is 3.77. The number of rotatable bonds is 5. The fourth-order valence-corrected chi connectivity index (χ4v) is 8.57. The summed E-state index contributed by atoms with van der Waals surface area (Å²) >= 11 is 0. The number of benzene rings is 6. The molecule has 0 saturated heterocycles. The molecule has 1 atom stereocenters. The molecule has 1 unspecified atom stereocenters. The third-order valence-corrected chi connectivity index (χ3v) is 11.2. The normalized spacial score (nSPS) is 15.2. The Morgan fingerprint density at radius 2 is 1.22 bits per heavy atom. The van der Waals surface area contributed by atoms with Crippen LogP contribution in [0.2, 0.25) is 0 Å². The summed E-state index contributed by atoms with van der Waals surface area (Å²) in [4.78, 5) is 10.3. The van der Waals surface area contributed by atoms with E-state index in [1.165, 1.54) is 44.4 Å². The van der Waals surface area contributed by atoms with Crippen molar-refractivity contribution in [3.8, 4) is 56.3 Å². The predicted octanol–water partition coefficient (Wildman–Crippen LogP) is 10.5. The van der Waals surface area contributed by atoms with Crippen molar-refractivity contribution < 1.29 is 4.74 Å². The SMILES string of the molecule is C1=C2Oc3ccccc3C2Cc2c1n(-c1ccccc1)c1ccc(-c3ccc(-c4nc(-c5ccc(-c6ccccc6)cc5)c5c(n4)=CCCC=5)cc3)cc21. The molecule has 0 radical (unpaired) electrons. The fourth-order valence-electron chi connectivity index (χ4n) is 8.57. The number of aromatic nitrogens is 3. The molecule has 54 heavy (non-hydrogen) atoms. The standard InChI is InChI=1S/C50H35N3O/c1-3-11-32(12-4-1)33-19-23-35(24-20-33)49-40-16-7-9-17-44(40)51-50(52-49)36-25-21-34(22-26-36)37-27-28-45-41(29-37)42-30-43-39-15-8-10-18-47(39)54-48(43)31-46(42)53(45)38-13-5-2-6-14-38/h1-6,8,10-29,31,43H,7,9,30H2. The molecule has 0 amide bonds. The third kappa shape index (κ3) is 5.06. The van der Waals surface area contributed by atoms with Gasteiger partial charge in [0.2, 0.25) is 0 Å². The summed E-state index contributed by atoms with van der Waals surface area (Å²) in [6.45, 7) is 0. The smallest absolute Gasteiger partial charge is 0.160 e. The lowest BCUT2D eigenvalue weighted by Gasteiger charge is -2.19. The Kier molecular flexibility index (Phi) is 7.09. The summed E-state index contributed by atoms with van der Waals surface area (Å²) in [5.41, 5.74) is 14.1. The first-order chi connectivity index (χ1) is 26.7. The molecule has 256 valence electrons. The first-order valence-corrected chi connectivity index (χ1v) is 18.8. The zero-order valence-electron chi connectivity index (χ0n) is 29.6. The number of allylic oxidation sites excluding steroid dienone is 1. The van der Waals surface area contributed by atoms with E-state index in [4.69, 9.17) is 14.7 Å². The van der Waals surface area contributed by atoms with Gasteiger partial charge >= 0.3 is 0 Å². The molecule has 4 heteroatoms. The van der Waals surface area contributed by atoms with E-state index < -0.39 is 0 Å². The van der Waals surface area contributed by atoms with E-state index >= 15 is 0 Å². The summed E-state index contributed by atoms with van der Waals surface area (Å²) in [6, 6.07) is 54.1. The number of para-hydroxylation sites is 2. The highest BCUT2D eigenvalue weighted by Gasteiger charge is 2.35. The number of hydrogen-bond acceptors (Lipinski definition) is 3. The molecule has 3 heterocycles. The third-order valence-electron chi connectivity index (χ3n) is 11.2. The zero-order valence-corrected chi connectivity index (χ0v) is 29.6. The second-order valence-corrected chi connectivity index (χ2v) is 14.4. The number of ether oxygens (including phenoxy) is 1. The highest BCUT2D eigenvalue weighted by atomic mass is 16.5. The first kappa shape index (κ1) is 30.8. The molecular weight excluding hydrogens is 659 g/mol. The monoisotopic (exact) mass is 693 g/mol. The summed E-state index contributed by atoms with van der Waals surface area (Å²) < 4.78 is 8.80. The largest absolute Gasteiger partial charge is 0.461 e.